The van der Waals surface area contributed by atoms with Gasteiger partial charge in [-0.2, -0.15) is 5.26 Å². The fraction of sp³-hybridized carbons (Fsp3) is 0.538. The number of nitriles is 1. The van der Waals surface area contributed by atoms with Crippen LogP contribution in [-0.4, -0.2) is 24.6 Å². The quantitative estimate of drug-likeness (QED) is 0.888. The van der Waals surface area contributed by atoms with Crippen molar-refractivity contribution < 1.29 is 0 Å². The van der Waals surface area contributed by atoms with Gasteiger partial charge in [-0.05, 0) is 38.3 Å². The SMILES string of the molecule is Cc1nc(N2CCCC(CN)C2)c(Cl)cc1C#N. The van der Waals surface area contributed by atoms with Gasteiger partial charge in [0, 0.05) is 13.1 Å². The van der Waals surface area contributed by atoms with Crippen molar-refractivity contribution in [3.63, 3.8) is 0 Å². The fourth-order valence-electron chi connectivity index (χ4n) is 2.35. The molecule has 1 fully saturated rings. The van der Waals surface area contributed by atoms with Crippen LogP contribution in [0.15, 0.2) is 6.07 Å². The number of hydrogen-bond donors (Lipinski definition) is 1. The lowest BCUT2D eigenvalue weighted by atomic mass is 9.98. The van der Waals surface area contributed by atoms with Crippen LogP contribution in [0.25, 0.3) is 0 Å². The van der Waals surface area contributed by atoms with Crippen molar-refractivity contribution in [2.75, 3.05) is 24.5 Å². The average molecular weight is 265 g/mol. The van der Waals surface area contributed by atoms with Crippen LogP contribution in [0.3, 0.4) is 0 Å². The minimum absolute atomic E-state index is 0.507. The number of nitrogens with zero attached hydrogens (tertiary/aromatic N) is 3. The number of piperidine rings is 1. The third-order valence-corrected chi connectivity index (χ3v) is 3.70. The Morgan fingerprint density at radius 2 is 2.44 bits per heavy atom. The lowest BCUT2D eigenvalue weighted by Gasteiger charge is -2.33. The zero-order valence-electron chi connectivity index (χ0n) is 10.5. The summed E-state index contributed by atoms with van der Waals surface area (Å²) >= 11 is 6.22. The highest BCUT2D eigenvalue weighted by molar-refractivity contribution is 6.33. The maximum atomic E-state index is 8.95. The van der Waals surface area contributed by atoms with Crippen LogP contribution in [0.2, 0.25) is 5.02 Å². The first-order chi connectivity index (χ1) is 8.65. The first-order valence-electron chi connectivity index (χ1n) is 6.18. The fourth-order valence-corrected chi connectivity index (χ4v) is 2.62. The summed E-state index contributed by atoms with van der Waals surface area (Å²) in [5, 5.41) is 9.50. The molecule has 18 heavy (non-hydrogen) atoms. The Labute approximate surface area is 112 Å². The highest BCUT2D eigenvalue weighted by Crippen LogP contribution is 2.29. The van der Waals surface area contributed by atoms with Gasteiger partial charge in [-0.25, -0.2) is 4.98 Å². The topological polar surface area (TPSA) is 65.9 Å². The van der Waals surface area contributed by atoms with E-state index in [2.05, 4.69) is 16.0 Å². The summed E-state index contributed by atoms with van der Waals surface area (Å²) in [6.45, 7) is 4.38. The normalized spacial score (nSPS) is 19.7. The standard InChI is InChI=1S/C13H17ClN4/c1-9-11(7-16)5-12(14)13(17-9)18-4-2-3-10(6-15)8-18/h5,10H,2-4,6,8,15H2,1H3. The van der Waals surface area contributed by atoms with Crippen molar-refractivity contribution in [3.05, 3.63) is 22.3 Å². The van der Waals surface area contributed by atoms with E-state index in [1.54, 1.807) is 6.07 Å². The number of aryl methyl sites for hydroxylation is 1. The van der Waals surface area contributed by atoms with Gasteiger partial charge in [0.2, 0.25) is 0 Å². The molecule has 5 heteroatoms. The highest BCUT2D eigenvalue weighted by atomic mass is 35.5. The van der Waals surface area contributed by atoms with Crippen LogP contribution in [0.1, 0.15) is 24.1 Å². The molecule has 1 unspecified atom stereocenters. The molecule has 1 aliphatic heterocycles. The second kappa shape index (κ2) is 5.55. The van der Waals surface area contributed by atoms with Crippen molar-refractivity contribution in [2.24, 2.45) is 11.7 Å². The number of pyridine rings is 1. The molecule has 2 N–H and O–H groups in total. The molecule has 1 aliphatic rings. The molecule has 0 saturated carbocycles. The lowest BCUT2D eigenvalue weighted by Crippen LogP contribution is -2.39. The van der Waals surface area contributed by atoms with Crippen LogP contribution in [0, 0.1) is 24.2 Å². The Morgan fingerprint density at radius 3 is 3.11 bits per heavy atom. The molecule has 0 bridgehead atoms. The van der Waals surface area contributed by atoms with E-state index in [0.717, 1.165) is 31.0 Å². The van der Waals surface area contributed by atoms with E-state index < -0.39 is 0 Å². The second-order valence-electron chi connectivity index (χ2n) is 4.73. The number of rotatable bonds is 2. The Balaban J connectivity index is 2.28. The first-order valence-corrected chi connectivity index (χ1v) is 6.55. The van der Waals surface area contributed by atoms with Gasteiger partial charge in [-0.15, -0.1) is 0 Å². The molecular formula is C13H17ClN4. The van der Waals surface area contributed by atoms with E-state index in [9.17, 15) is 0 Å². The van der Waals surface area contributed by atoms with Crippen molar-refractivity contribution in [3.8, 4) is 6.07 Å². The first kappa shape index (κ1) is 13.1. The summed E-state index contributed by atoms with van der Waals surface area (Å²) in [6, 6.07) is 3.80. The van der Waals surface area contributed by atoms with Gasteiger partial charge in [0.25, 0.3) is 0 Å². The molecular weight excluding hydrogens is 248 g/mol. The van der Waals surface area contributed by atoms with Crippen LogP contribution >= 0.6 is 11.6 Å². The zero-order chi connectivity index (χ0) is 13.1. The Morgan fingerprint density at radius 1 is 1.67 bits per heavy atom. The molecule has 0 spiro atoms. The molecule has 0 radical (unpaired) electrons. The molecule has 96 valence electrons. The van der Waals surface area contributed by atoms with E-state index in [4.69, 9.17) is 22.6 Å². The second-order valence-corrected chi connectivity index (χ2v) is 5.14. The Kier molecular flexibility index (Phi) is 4.05. The molecule has 1 atom stereocenters. The van der Waals surface area contributed by atoms with E-state index in [0.29, 0.717) is 23.0 Å². The maximum Gasteiger partial charge on any atom is 0.147 e. The number of anilines is 1. The summed E-state index contributed by atoms with van der Waals surface area (Å²) < 4.78 is 0. The molecule has 2 rings (SSSR count). The minimum atomic E-state index is 0.507. The molecule has 0 amide bonds. The van der Waals surface area contributed by atoms with Gasteiger partial charge in [0.15, 0.2) is 0 Å². The maximum absolute atomic E-state index is 8.95. The van der Waals surface area contributed by atoms with Crippen molar-refractivity contribution >= 4 is 17.4 Å². The Hall–Kier alpha value is -1.31. The van der Waals surface area contributed by atoms with Crippen molar-refractivity contribution in [1.29, 1.82) is 5.26 Å². The zero-order valence-corrected chi connectivity index (χ0v) is 11.2. The lowest BCUT2D eigenvalue weighted by molar-refractivity contribution is 0.421. The summed E-state index contributed by atoms with van der Waals surface area (Å²) in [6.07, 6.45) is 2.28. The summed E-state index contributed by atoms with van der Waals surface area (Å²) in [5.74, 6) is 1.29. The van der Waals surface area contributed by atoms with Crippen molar-refractivity contribution in [1.82, 2.24) is 4.98 Å². The van der Waals surface area contributed by atoms with Crippen molar-refractivity contribution in [2.45, 2.75) is 19.8 Å². The van der Waals surface area contributed by atoms with Crippen LogP contribution in [0.5, 0.6) is 0 Å². The largest absolute Gasteiger partial charge is 0.355 e. The summed E-state index contributed by atoms with van der Waals surface area (Å²) in [7, 11) is 0. The monoisotopic (exact) mass is 264 g/mol. The van der Waals surface area contributed by atoms with E-state index in [1.807, 2.05) is 6.92 Å². The number of aromatic nitrogens is 1. The molecule has 2 heterocycles. The number of hydrogen-bond acceptors (Lipinski definition) is 4. The molecule has 0 aromatic carbocycles. The van der Waals surface area contributed by atoms with E-state index in [-0.39, 0.29) is 0 Å². The predicted molar refractivity (Wildman–Crippen MR) is 72.7 cm³/mol. The van der Waals surface area contributed by atoms with Gasteiger partial charge in [0.05, 0.1) is 16.3 Å². The average Bonchev–Trinajstić information content (AvgIpc) is 2.41. The van der Waals surface area contributed by atoms with E-state index in [1.165, 1.54) is 6.42 Å². The molecule has 1 saturated heterocycles. The number of halogens is 1. The molecule has 1 aromatic rings. The smallest absolute Gasteiger partial charge is 0.147 e. The minimum Gasteiger partial charge on any atom is -0.355 e. The van der Waals surface area contributed by atoms with Crippen LogP contribution < -0.4 is 10.6 Å². The molecule has 4 nitrogen and oxygen atoms in total. The van der Waals surface area contributed by atoms with Gasteiger partial charge >= 0.3 is 0 Å². The third-order valence-electron chi connectivity index (χ3n) is 3.42. The van der Waals surface area contributed by atoms with Gasteiger partial charge in [-0.3, -0.25) is 0 Å². The Bertz CT molecular complexity index is 481. The van der Waals surface area contributed by atoms with Gasteiger partial charge in [0.1, 0.15) is 11.9 Å². The van der Waals surface area contributed by atoms with Gasteiger partial charge < -0.3 is 10.6 Å². The predicted octanol–water partition coefficient (Wildman–Crippen LogP) is 2.09. The molecule has 1 aromatic heterocycles. The molecule has 0 aliphatic carbocycles. The van der Waals surface area contributed by atoms with Crippen LogP contribution in [-0.2, 0) is 0 Å². The third kappa shape index (κ3) is 2.58. The number of nitrogens with two attached hydrogens (primary N) is 1. The van der Waals surface area contributed by atoms with Crippen LogP contribution in [0.4, 0.5) is 5.82 Å². The van der Waals surface area contributed by atoms with Gasteiger partial charge in [-0.1, -0.05) is 11.6 Å². The summed E-state index contributed by atoms with van der Waals surface area (Å²) in [4.78, 5) is 6.64. The summed E-state index contributed by atoms with van der Waals surface area (Å²) in [5.41, 5.74) is 7.00. The van der Waals surface area contributed by atoms with E-state index >= 15 is 0 Å². The highest BCUT2D eigenvalue weighted by Gasteiger charge is 2.22.